The lowest BCUT2D eigenvalue weighted by Crippen LogP contribution is -2.33. The Hall–Kier alpha value is -2.96. The summed E-state index contributed by atoms with van der Waals surface area (Å²) in [6, 6.07) is 4.47. The van der Waals surface area contributed by atoms with Crippen LogP contribution < -0.4 is 10.9 Å². The molecule has 0 saturated carbocycles. The maximum absolute atomic E-state index is 12.5. The fraction of sp³-hybridized carbons (Fsp3) is 0.455. The highest BCUT2D eigenvalue weighted by Crippen LogP contribution is 2.27. The average molecular weight is 396 g/mol. The van der Waals surface area contributed by atoms with Gasteiger partial charge < -0.3 is 5.32 Å². The van der Waals surface area contributed by atoms with E-state index in [1.807, 2.05) is 0 Å². The second-order valence-corrected chi connectivity index (χ2v) is 8.62. The molecule has 0 aliphatic heterocycles. The molecular formula is C22H29N5O2. The van der Waals surface area contributed by atoms with Crippen molar-refractivity contribution in [2.45, 2.75) is 53.0 Å². The van der Waals surface area contributed by atoms with Crippen molar-refractivity contribution in [1.29, 1.82) is 0 Å². The van der Waals surface area contributed by atoms with Crippen LogP contribution in [0, 0.1) is 13.8 Å². The van der Waals surface area contributed by atoms with E-state index in [4.69, 9.17) is 0 Å². The summed E-state index contributed by atoms with van der Waals surface area (Å²) < 4.78 is 2.85. The molecule has 1 amide bonds. The molecule has 0 aliphatic carbocycles. The van der Waals surface area contributed by atoms with E-state index in [1.54, 1.807) is 7.05 Å². The summed E-state index contributed by atoms with van der Waals surface area (Å²) in [6.07, 6.45) is 3.62. The maximum Gasteiger partial charge on any atom is 0.264 e. The fourth-order valence-corrected chi connectivity index (χ4v) is 3.54. The summed E-state index contributed by atoms with van der Waals surface area (Å²) in [4.78, 5) is 29.0. The molecule has 0 unspecified atom stereocenters. The lowest BCUT2D eigenvalue weighted by Gasteiger charge is -2.22. The molecule has 1 N–H and O–H groups in total. The van der Waals surface area contributed by atoms with Crippen molar-refractivity contribution < 1.29 is 4.79 Å². The van der Waals surface area contributed by atoms with Crippen LogP contribution in [0.2, 0.25) is 0 Å². The van der Waals surface area contributed by atoms with E-state index in [2.05, 4.69) is 62.2 Å². The highest BCUT2D eigenvalue weighted by molar-refractivity contribution is 5.77. The Labute approximate surface area is 170 Å². The Kier molecular flexibility index (Phi) is 5.59. The van der Waals surface area contributed by atoms with Crippen LogP contribution in [0.25, 0.3) is 11.0 Å². The van der Waals surface area contributed by atoms with E-state index in [1.165, 1.54) is 44.0 Å². The monoisotopic (exact) mass is 395 g/mol. The van der Waals surface area contributed by atoms with E-state index >= 15 is 0 Å². The summed E-state index contributed by atoms with van der Waals surface area (Å²) >= 11 is 0. The molecule has 2 heterocycles. The zero-order chi connectivity index (χ0) is 21.3. The van der Waals surface area contributed by atoms with Gasteiger partial charge in [0.25, 0.3) is 5.56 Å². The van der Waals surface area contributed by atoms with Crippen LogP contribution in [0.5, 0.6) is 0 Å². The number of carbonyl (C=O) groups excluding carboxylic acids is 1. The number of aryl methyl sites for hydroxylation is 3. The van der Waals surface area contributed by atoms with Crippen molar-refractivity contribution in [3.8, 4) is 0 Å². The number of benzene rings is 1. The van der Waals surface area contributed by atoms with Gasteiger partial charge in [-0.2, -0.15) is 5.10 Å². The largest absolute Gasteiger partial charge is 0.354 e. The first-order valence-corrected chi connectivity index (χ1v) is 9.82. The van der Waals surface area contributed by atoms with Gasteiger partial charge in [-0.05, 0) is 47.9 Å². The van der Waals surface area contributed by atoms with Crippen molar-refractivity contribution in [1.82, 2.24) is 24.6 Å². The van der Waals surface area contributed by atoms with Crippen LogP contribution >= 0.6 is 0 Å². The van der Waals surface area contributed by atoms with Gasteiger partial charge in [0.1, 0.15) is 18.3 Å². The van der Waals surface area contributed by atoms with Gasteiger partial charge in [0, 0.05) is 13.6 Å². The number of carbonyl (C=O) groups is 1. The van der Waals surface area contributed by atoms with Crippen molar-refractivity contribution in [3.63, 3.8) is 0 Å². The summed E-state index contributed by atoms with van der Waals surface area (Å²) in [5.74, 6) is -0.209. The standard InChI is InChI=1S/C22H29N5O2/c1-14-9-16(22(3,4)5)10-15(2)17(14)7-8-23-19(28)12-27-13-24-20-18(21(27)29)11-25-26(20)6/h9-11,13H,7-8,12H2,1-6H3,(H,23,28). The minimum absolute atomic E-state index is 0.0579. The van der Waals surface area contributed by atoms with Gasteiger partial charge in [0.15, 0.2) is 5.65 Å². The van der Waals surface area contributed by atoms with Gasteiger partial charge in [-0.25, -0.2) is 4.98 Å². The molecule has 29 heavy (non-hydrogen) atoms. The molecule has 7 nitrogen and oxygen atoms in total. The molecule has 0 radical (unpaired) electrons. The Morgan fingerprint density at radius 2 is 1.83 bits per heavy atom. The minimum Gasteiger partial charge on any atom is -0.354 e. The number of nitrogens with one attached hydrogen (secondary N) is 1. The molecule has 2 aromatic heterocycles. The molecular weight excluding hydrogens is 366 g/mol. The van der Waals surface area contributed by atoms with Crippen LogP contribution in [-0.2, 0) is 30.2 Å². The van der Waals surface area contributed by atoms with Crippen LogP contribution in [0.1, 0.15) is 43.0 Å². The number of hydrogen-bond donors (Lipinski definition) is 1. The third-order valence-electron chi connectivity index (χ3n) is 5.29. The zero-order valence-electron chi connectivity index (χ0n) is 18.0. The molecule has 0 fully saturated rings. The van der Waals surface area contributed by atoms with E-state index in [9.17, 15) is 9.59 Å². The Morgan fingerprint density at radius 3 is 2.45 bits per heavy atom. The number of hydrogen-bond acceptors (Lipinski definition) is 4. The van der Waals surface area contributed by atoms with E-state index in [-0.39, 0.29) is 23.4 Å². The van der Waals surface area contributed by atoms with Gasteiger partial charge in [-0.1, -0.05) is 32.9 Å². The lowest BCUT2D eigenvalue weighted by molar-refractivity contribution is -0.121. The zero-order valence-corrected chi connectivity index (χ0v) is 18.0. The molecule has 0 saturated heterocycles. The van der Waals surface area contributed by atoms with Crippen LogP contribution in [0.4, 0.5) is 0 Å². The van der Waals surface area contributed by atoms with Gasteiger partial charge >= 0.3 is 0 Å². The number of fused-ring (bicyclic) bond motifs is 1. The number of nitrogens with zero attached hydrogens (tertiary/aromatic N) is 4. The molecule has 154 valence electrons. The predicted octanol–water partition coefficient (Wildman–Crippen LogP) is 2.40. The lowest BCUT2D eigenvalue weighted by atomic mass is 9.83. The second kappa shape index (κ2) is 7.81. The normalized spacial score (nSPS) is 11.8. The topological polar surface area (TPSA) is 81.8 Å². The quantitative estimate of drug-likeness (QED) is 0.719. The minimum atomic E-state index is -0.261. The third kappa shape index (κ3) is 4.39. The highest BCUT2D eigenvalue weighted by atomic mass is 16.2. The highest BCUT2D eigenvalue weighted by Gasteiger charge is 2.16. The third-order valence-corrected chi connectivity index (χ3v) is 5.29. The molecule has 3 rings (SSSR count). The number of aromatic nitrogens is 4. The van der Waals surface area contributed by atoms with E-state index in [0.29, 0.717) is 17.6 Å². The van der Waals surface area contributed by atoms with Gasteiger partial charge in [-0.15, -0.1) is 0 Å². The van der Waals surface area contributed by atoms with E-state index < -0.39 is 0 Å². The summed E-state index contributed by atoms with van der Waals surface area (Å²) in [5.41, 5.74) is 5.42. The van der Waals surface area contributed by atoms with Gasteiger partial charge in [-0.3, -0.25) is 18.8 Å². The fourth-order valence-electron chi connectivity index (χ4n) is 3.54. The molecule has 7 heteroatoms. The first-order chi connectivity index (χ1) is 13.6. The summed E-state index contributed by atoms with van der Waals surface area (Å²) in [6.45, 7) is 11.3. The van der Waals surface area contributed by atoms with Crippen molar-refractivity contribution in [2.24, 2.45) is 7.05 Å². The Morgan fingerprint density at radius 1 is 1.17 bits per heavy atom. The van der Waals surface area contributed by atoms with Crippen LogP contribution in [-0.4, -0.2) is 31.8 Å². The molecule has 0 spiro atoms. The van der Waals surface area contributed by atoms with Crippen LogP contribution in [0.15, 0.2) is 29.5 Å². The SMILES string of the molecule is Cc1cc(C(C)(C)C)cc(C)c1CCNC(=O)Cn1cnc2c(cnn2C)c1=O. The Balaban J connectivity index is 1.64. The number of amides is 1. The molecule has 3 aromatic rings. The van der Waals surface area contributed by atoms with Gasteiger partial charge in [0.2, 0.25) is 5.91 Å². The number of rotatable bonds is 5. The first kappa shape index (κ1) is 20.8. The predicted molar refractivity (Wildman–Crippen MR) is 114 cm³/mol. The molecule has 0 bridgehead atoms. The van der Waals surface area contributed by atoms with E-state index in [0.717, 1.165) is 6.42 Å². The van der Waals surface area contributed by atoms with Crippen molar-refractivity contribution in [3.05, 3.63) is 57.3 Å². The van der Waals surface area contributed by atoms with Gasteiger partial charge in [0.05, 0.1) is 6.20 Å². The summed E-state index contributed by atoms with van der Waals surface area (Å²) in [7, 11) is 1.73. The first-order valence-electron chi connectivity index (χ1n) is 9.82. The smallest absolute Gasteiger partial charge is 0.264 e. The molecule has 0 aliphatic rings. The molecule has 1 aromatic carbocycles. The molecule has 0 atom stereocenters. The summed E-state index contributed by atoms with van der Waals surface area (Å²) in [5, 5.41) is 7.36. The van der Waals surface area contributed by atoms with Crippen molar-refractivity contribution in [2.75, 3.05) is 6.54 Å². The average Bonchev–Trinajstić information content (AvgIpc) is 3.00. The van der Waals surface area contributed by atoms with Crippen molar-refractivity contribution >= 4 is 16.9 Å². The maximum atomic E-state index is 12.5. The Bertz CT molecular complexity index is 1100. The van der Waals surface area contributed by atoms with Crippen LogP contribution in [0.3, 0.4) is 0 Å². The second-order valence-electron chi connectivity index (χ2n) is 8.62.